The summed E-state index contributed by atoms with van der Waals surface area (Å²) in [5.74, 6) is -0.277. The van der Waals surface area contributed by atoms with Crippen LogP contribution in [0.4, 0.5) is 10.4 Å². The van der Waals surface area contributed by atoms with Crippen molar-refractivity contribution >= 4 is 17.1 Å². The molecule has 2 fully saturated rings. The molecular weight excluding hydrogens is 271 g/mol. The third-order valence-corrected chi connectivity index (χ3v) is 4.53. The first-order chi connectivity index (χ1) is 10.2. The van der Waals surface area contributed by atoms with Crippen LogP contribution in [0.5, 0.6) is 0 Å². The Bertz CT molecular complexity index is 644. The van der Waals surface area contributed by atoms with Crippen LogP contribution in [0, 0.1) is 5.82 Å². The molecule has 0 radical (unpaired) electrons. The average molecular weight is 290 g/mol. The molecule has 21 heavy (non-hydrogen) atoms. The van der Waals surface area contributed by atoms with Crippen LogP contribution in [0.15, 0.2) is 22.6 Å². The monoisotopic (exact) mass is 290 g/mol. The topological polar surface area (TPSA) is 35.8 Å². The summed E-state index contributed by atoms with van der Waals surface area (Å²) in [5, 5.41) is 0. The molecule has 2 saturated heterocycles. The summed E-state index contributed by atoms with van der Waals surface area (Å²) >= 11 is 0. The molecule has 4 rings (SSSR count). The lowest BCUT2D eigenvalue weighted by Crippen LogP contribution is -2.63. The average Bonchev–Trinajstić information content (AvgIpc) is 2.81. The first-order valence-corrected chi connectivity index (χ1v) is 7.43. The highest BCUT2D eigenvalue weighted by atomic mass is 19.1. The lowest BCUT2D eigenvalue weighted by Gasteiger charge is -2.47. The van der Waals surface area contributed by atoms with E-state index in [9.17, 15) is 4.39 Å². The number of benzene rings is 1. The number of oxazole rings is 1. The van der Waals surface area contributed by atoms with Gasteiger partial charge < -0.3 is 14.2 Å². The van der Waals surface area contributed by atoms with Crippen LogP contribution in [0.2, 0.25) is 0 Å². The lowest BCUT2D eigenvalue weighted by molar-refractivity contribution is 0.0945. The molecule has 0 bridgehead atoms. The van der Waals surface area contributed by atoms with Crippen LogP contribution < -0.4 is 4.90 Å². The second-order valence-corrected chi connectivity index (χ2v) is 6.01. The maximum absolute atomic E-state index is 13.2. The van der Waals surface area contributed by atoms with Crippen molar-refractivity contribution in [3.8, 4) is 0 Å². The second kappa shape index (κ2) is 4.96. The van der Waals surface area contributed by atoms with Crippen LogP contribution in [-0.4, -0.2) is 67.1 Å². The molecule has 1 aromatic heterocycles. The van der Waals surface area contributed by atoms with Crippen LogP contribution in [0.1, 0.15) is 0 Å². The minimum absolute atomic E-state index is 0.277. The van der Waals surface area contributed by atoms with Gasteiger partial charge in [0, 0.05) is 51.4 Å². The van der Waals surface area contributed by atoms with Crippen LogP contribution in [0.3, 0.4) is 0 Å². The number of halogens is 1. The highest BCUT2D eigenvalue weighted by Crippen LogP contribution is 2.27. The summed E-state index contributed by atoms with van der Waals surface area (Å²) in [6.45, 7) is 6.43. The fourth-order valence-corrected chi connectivity index (χ4v) is 3.05. The molecule has 112 valence electrons. The maximum Gasteiger partial charge on any atom is 0.298 e. The Balaban J connectivity index is 1.42. The van der Waals surface area contributed by atoms with E-state index in [1.54, 1.807) is 6.07 Å². The van der Waals surface area contributed by atoms with E-state index >= 15 is 0 Å². The van der Waals surface area contributed by atoms with Crippen molar-refractivity contribution < 1.29 is 8.81 Å². The van der Waals surface area contributed by atoms with Gasteiger partial charge in [-0.15, -0.1) is 0 Å². The van der Waals surface area contributed by atoms with Gasteiger partial charge in [-0.2, -0.15) is 4.98 Å². The van der Waals surface area contributed by atoms with Crippen molar-refractivity contribution in [1.82, 2.24) is 14.8 Å². The summed E-state index contributed by atoms with van der Waals surface area (Å²) in [7, 11) is 2.17. The van der Waals surface area contributed by atoms with Gasteiger partial charge in [-0.05, 0) is 19.2 Å². The Morgan fingerprint density at radius 2 is 1.95 bits per heavy atom. The number of hydrogen-bond donors (Lipinski definition) is 0. The molecular formula is C15H19FN4O. The number of likely N-dealkylation sites (N-methyl/N-ethyl adjacent to an activating group) is 1. The van der Waals surface area contributed by atoms with Gasteiger partial charge in [0.15, 0.2) is 5.58 Å². The predicted molar refractivity (Wildman–Crippen MR) is 79.0 cm³/mol. The predicted octanol–water partition coefficient (Wildman–Crippen LogP) is 1.40. The highest BCUT2D eigenvalue weighted by molar-refractivity contribution is 5.74. The van der Waals surface area contributed by atoms with Gasteiger partial charge in [0.1, 0.15) is 11.3 Å². The van der Waals surface area contributed by atoms with E-state index < -0.39 is 0 Å². The molecule has 0 atom stereocenters. The molecule has 0 aliphatic carbocycles. The SMILES string of the molecule is CN1CCN(C2CN(c3nc4cc(F)ccc4o3)C2)CC1. The van der Waals surface area contributed by atoms with Gasteiger partial charge in [-0.25, -0.2) is 4.39 Å². The Morgan fingerprint density at radius 1 is 1.19 bits per heavy atom. The normalized spacial score (nSPS) is 21.9. The number of aromatic nitrogens is 1. The smallest absolute Gasteiger partial charge is 0.298 e. The molecule has 5 nitrogen and oxygen atoms in total. The fraction of sp³-hybridized carbons (Fsp3) is 0.533. The summed E-state index contributed by atoms with van der Waals surface area (Å²) in [4.78, 5) is 11.4. The van der Waals surface area contributed by atoms with E-state index in [1.807, 2.05) is 0 Å². The molecule has 1 aromatic carbocycles. The van der Waals surface area contributed by atoms with Crippen molar-refractivity contribution in [2.24, 2.45) is 0 Å². The number of anilines is 1. The Kier molecular flexibility index (Phi) is 3.08. The summed E-state index contributed by atoms with van der Waals surface area (Å²) in [5.41, 5.74) is 1.24. The molecule has 2 aliphatic heterocycles. The molecule has 3 heterocycles. The number of nitrogens with zero attached hydrogens (tertiary/aromatic N) is 4. The van der Waals surface area contributed by atoms with Gasteiger partial charge >= 0.3 is 0 Å². The van der Waals surface area contributed by atoms with Crippen molar-refractivity contribution in [2.45, 2.75) is 6.04 Å². The minimum atomic E-state index is -0.277. The zero-order chi connectivity index (χ0) is 14.4. The Labute approximate surface area is 122 Å². The molecule has 2 aliphatic rings. The second-order valence-electron chi connectivity index (χ2n) is 6.01. The first kappa shape index (κ1) is 13.0. The van der Waals surface area contributed by atoms with E-state index in [-0.39, 0.29) is 5.82 Å². The highest BCUT2D eigenvalue weighted by Gasteiger charge is 2.35. The van der Waals surface area contributed by atoms with Gasteiger partial charge in [0.05, 0.1) is 0 Å². The van der Waals surface area contributed by atoms with Crippen molar-refractivity contribution in [1.29, 1.82) is 0 Å². The van der Waals surface area contributed by atoms with E-state index in [1.165, 1.54) is 12.1 Å². The number of hydrogen-bond acceptors (Lipinski definition) is 5. The van der Waals surface area contributed by atoms with Crippen LogP contribution in [0.25, 0.3) is 11.1 Å². The maximum atomic E-state index is 13.2. The molecule has 0 unspecified atom stereocenters. The number of rotatable bonds is 2. The molecule has 0 amide bonds. The summed E-state index contributed by atoms with van der Waals surface area (Å²) in [6.07, 6.45) is 0. The van der Waals surface area contributed by atoms with E-state index in [0.717, 1.165) is 39.3 Å². The largest absolute Gasteiger partial charge is 0.423 e. The summed E-state index contributed by atoms with van der Waals surface area (Å²) in [6, 6.07) is 5.66. The van der Waals surface area contributed by atoms with Gasteiger partial charge in [0.25, 0.3) is 6.01 Å². The Hall–Kier alpha value is -1.66. The molecule has 0 spiro atoms. The zero-order valence-electron chi connectivity index (χ0n) is 12.1. The van der Waals surface area contributed by atoms with Crippen LogP contribution in [-0.2, 0) is 0 Å². The standard InChI is InChI=1S/C15H19FN4O/c1-18-4-6-19(7-5-18)12-9-20(10-12)15-17-13-8-11(16)2-3-14(13)21-15/h2-3,8,12H,4-7,9-10H2,1H3. The molecule has 0 saturated carbocycles. The Morgan fingerprint density at radius 3 is 2.71 bits per heavy atom. The quantitative estimate of drug-likeness (QED) is 0.835. The van der Waals surface area contributed by atoms with Crippen molar-refractivity contribution in [3.05, 3.63) is 24.0 Å². The number of piperazine rings is 1. The first-order valence-electron chi connectivity index (χ1n) is 7.43. The molecule has 6 heteroatoms. The lowest BCUT2D eigenvalue weighted by atomic mass is 10.1. The van der Waals surface area contributed by atoms with E-state index in [4.69, 9.17) is 4.42 Å². The third-order valence-electron chi connectivity index (χ3n) is 4.53. The molecule has 2 aromatic rings. The van der Waals surface area contributed by atoms with Crippen LogP contribution >= 0.6 is 0 Å². The van der Waals surface area contributed by atoms with E-state index in [0.29, 0.717) is 23.2 Å². The zero-order valence-corrected chi connectivity index (χ0v) is 12.1. The van der Waals surface area contributed by atoms with Crippen molar-refractivity contribution in [2.75, 3.05) is 51.2 Å². The minimum Gasteiger partial charge on any atom is -0.423 e. The molecule has 0 N–H and O–H groups in total. The van der Waals surface area contributed by atoms with Gasteiger partial charge in [-0.1, -0.05) is 0 Å². The van der Waals surface area contributed by atoms with Gasteiger partial charge in [-0.3, -0.25) is 4.90 Å². The fourth-order valence-electron chi connectivity index (χ4n) is 3.05. The van der Waals surface area contributed by atoms with Gasteiger partial charge in [0.2, 0.25) is 0 Å². The number of fused-ring (bicyclic) bond motifs is 1. The third kappa shape index (κ3) is 2.38. The summed E-state index contributed by atoms with van der Waals surface area (Å²) < 4.78 is 18.9. The van der Waals surface area contributed by atoms with E-state index in [2.05, 4.69) is 26.7 Å². The van der Waals surface area contributed by atoms with Crippen molar-refractivity contribution in [3.63, 3.8) is 0 Å².